The number of hydrazone groups is 1. The second-order valence-electron chi connectivity index (χ2n) is 6.57. The maximum atomic E-state index is 13.7. The Bertz CT molecular complexity index is 1330. The van der Waals surface area contributed by atoms with E-state index in [0.29, 0.717) is 18.2 Å². The summed E-state index contributed by atoms with van der Waals surface area (Å²) in [6.45, 7) is 0. The highest BCUT2D eigenvalue weighted by Gasteiger charge is 2.32. The van der Waals surface area contributed by atoms with Crippen molar-refractivity contribution in [3.05, 3.63) is 89.0 Å². The number of carbonyl (C=O) groups excluding carboxylic acids is 1. The molecule has 172 valence electrons. The molecule has 12 heteroatoms. The van der Waals surface area contributed by atoms with Crippen molar-refractivity contribution in [2.45, 2.75) is 11.1 Å². The Hall–Kier alpha value is -3.64. The van der Waals surface area contributed by atoms with Gasteiger partial charge in [0.15, 0.2) is 0 Å². The minimum atomic E-state index is -4.91. The average molecular weight is 484 g/mol. The predicted molar refractivity (Wildman–Crippen MR) is 108 cm³/mol. The molecule has 3 aromatic carbocycles. The lowest BCUT2D eigenvalue weighted by atomic mass is 9.98. The molecule has 0 fully saturated rings. The van der Waals surface area contributed by atoms with E-state index in [9.17, 15) is 39.7 Å². The maximum absolute atomic E-state index is 13.7. The number of hydrogen-bond donors (Lipinski definition) is 2. The van der Waals surface area contributed by atoms with Crippen LogP contribution < -0.4 is 5.43 Å². The van der Waals surface area contributed by atoms with E-state index in [1.807, 2.05) is 5.43 Å². The Kier molecular flexibility index (Phi) is 6.60. The largest absolute Gasteiger partial charge is 0.416 e. The first kappa shape index (κ1) is 24.0. The Morgan fingerprint density at radius 2 is 1.58 bits per heavy atom. The zero-order valence-electron chi connectivity index (χ0n) is 16.3. The molecular formula is C21H13F5N2O4S. The lowest BCUT2D eigenvalue weighted by Gasteiger charge is -2.14. The molecule has 0 saturated heterocycles. The van der Waals surface area contributed by atoms with E-state index < -0.39 is 55.4 Å². The highest BCUT2D eigenvalue weighted by atomic mass is 32.2. The molecule has 0 aliphatic heterocycles. The fraction of sp³-hybridized carbons (Fsp3) is 0.0476. The Labute approximate surface area is 184 Å². The summed E-state index contributed by atoms with van der Waals surface area (Å²) in [5, 5.41) is 3.56. The van der Waals surface area contributed by atoms with Crippen molar-refractivity contribution in [1.82, 2.24) is 5.43 Å². The van der Waals surface area contributed by atoms with Gasteiger partial charge in [0.05, 0.1) is 11.8 Å². The first-order valence-corrected chi connectivity index (χ1v) is 10.4. The third kappa shape index (κ3) is 5.41. The summed E-state index contributed by atoms with van der Waals surface area (Å²) < 4.78 is 99.9. The van der Waals surface area contributed by atoms with Crippen LogP contribution in [0.1, 0.15) is 21.5 Å². The van der Waals surface area contributed by atoms with Crippen molar-refractivity contribution >= 4 is 22.2 Å². The van der Waals surface area contributed by atoms with Crippen LogP contribution in [0.15, 0.2) is 70.7 Å². The van der Waals surface area contributed by atoms with Crippen molar-refractivity contribution in [3.8, 4) is 11.1 Å². The summed E-state index contributed by atoms with van der Waals surface area (Å²) in [5.41, 5.74) is -0.680. The molecule has 0 spiro atoms. The Balaban J connectivity index is 2.03. The van der Waals surface area contributed by atoms with Crippen LogP contribution >= 0.6 is 0 Å². The second kappa shape index (κ2) is 9.08. The molecular weight excluding hydrogens is 471 g/mol. The topological polar surface area (TPSA) is 95.8 Å². The number of alkyl halides is 3. The molecule has 2 N–H and O–H groups in total. The average Bonchev–Trinajstić information content (AvgIpc) is 2.72. The Morgan fingerprint density at radius 3 is 2.18 bits per heavy atom. The number of benzene rings is 3. The SMILES string of the molecule is O=C(N/N=C\c1ccccc1-c1cc(C(F)(F)F)ccc1S(=O)(=O)O)c1c(F)cccc1F. The number of hydrogen-bond acceptors (Lipinski definition) is 4. The quantitative estimate of drug-likeness (QED) is 0.238. The van der Waals surface area contributed by atoms with Crippen LogP contribution in [0.2, 0.25) is 0 Å². The van der Waals surface area contributed by atoms with Crippen LogP contribution in [0.25, 0.3) is 11.1 Å². The van der Waals surface area contributed by atoms with Crippen molar-refractivity contribution in [3.63, 3.8) is 0 Å². The van der Waals surface area contributed by atoms with E-state index in [-0.39, 0.29) is 11.1 Å². The van der Waals surface area contributed by atoms with Crippen molar-refractivity contribution in [1.29, 1.82) is 0 Å². The molecule has 6 nitrogen and oxygen atoms in total. The van der Waals surface area contributed by atoms with Crippen LogP contribution in [0.5, 0.6) is 0 Å². The van der Waals surface area contributed by atoms with Gasteiger partial charge in [-0.2, -0.15) is 26.7 Å². The normalized spacial score (nSPS) is 12.2. The molecule has 33 heavy (non-hydrogen) atoms. The zero-order chi connectivity index (χ0) is 24.4. The monoisotopic (exact) mass is 484 g/mol. The number of halogens is 5. The minimum absolute atomic E-state index is 0.0380. The Morgan fingerprint density at radius 1 is 0.939 bits per heavy atom. The van der Waals surface area contributed by atoms with Gasteiger partial charge in [-0.15, -0.1) is 0 Å². The van der Waals surface area contributed by atoms with E-state index >= 15 is 0 Å². The highest BCUT2D eigenvalue weighted by molar-refractivity contribution is 7.86. The lowest BCUT2D eigenvalue weighted by molar-refractivity contribution is -0.137. The third-order valence-electron chi connectivity index (χ3n) is 4.40. The van der Waals surface area contributed by atoms with Gasteiger partial charge in [0.1, 0.15) is 22.1 Å². The van der Waals surface area contributed by atoms with Gasteiger partial charge in [0.2, 0.25) is 0 Å². The van der Waals surface area contributed by atoms with Crippen LogP contribution in [0, 0.1) is 11.6 Å². The highest BCUT2D eigenvalue weighted by Crippen LogP contribution is 2.36. The molecule has 1 amide bonds. The van der Waals surface area contributed by atoms with Crippen molar-refractivity contribution in [2.24, 2.45) is 5.10 Å². The summed E-state index contributed by atoms with van der Waals surface area (Å²) >= 11 is 0. The van der Waals surface area contributed by atoms with Crippen molar-refractivity contribution < 1.29 is 39.7 Å². The van der Waals surface area contributed by atoms with Gasteiger partial charge in [-0.05, 0) is 35.9 Å². The van der Waals surface area contributed by atoms with Crippen LogP contribution in [0.3, 0.4) is 0 Å². The van der Waals surface area contributed by atoms with Gasteiger partial charge in [-0.3, -0.25) is 9.35 Å². The summed E-state index contributed by atoms with van der Waals surface area (Å²) in [6, 6.07) is 9.90. The molecule has 0 aromatic heterocycles. The number of nitrogens with zero attached hydrogens (tertiary/aromatic N) is 1. The number of rotatable bonds is 5. The first-order chi connectivity index (χ1) is 15.4. The van der Waals surface area contributed by atoms with Crippen LogP contribution in [-0.2, 0) is 16.3 Å². The molecule has 0 unspecified atom stereocenters. The second-order valence-corrected chi connectivity index (χ2v) is 7.96. The smallest absolute Gasteiger partial charge is 0.282 e. The summed E-state index contributed by atoms with van der Waals surface area (Å²) in [4.78, 5) is 11.2. The summed E-state index contributed by atoms with van der Waals surface area (Å²) in [6.07, 6.45) is -3.85. The number of nitrogens with one attached hydrogen (secondary N) is 1. The molecule has 3 rings (SSSR count). The van der Waals surface area contributed by atoms with Gasteiger partial charge in [0, 0.05) is 11.1 Å². The first-order valence-electron chi connectivity index (χ1n) is 8.95. The summed E-state index contributed by atoms with van der Waals surface area (Å²) in [7, 11) is -4.91. The third-order valence-corrected chi connectivity index (χ3v) is 5.31. The fourth-order valence-corrected chi connectivity index (χ4v) is 3.61. The van der Waals surface area contributed by atoms with E-state index in [2.05, 4.69) is 5.10 Å². The zero-order valence-corrected chi connectivity index (χ0v) is 17.1. The van der Waals surface area contributed by atoms with E-state index in [4.69, 9.17) is 0 Å². The van der Waals surface area contributed by atoms with Gasteiger partial charge in [-0.25, -0.2) is 14.2 Å². The van der Waals surface area contributed by atoms with E-state index in [1.54, 1.807) is 0 Å². The van der Waals surface area contributed by atoms with Gasteiger partial charge >= 0.3 is 6.18 Å². The standard InChI is InChI=1S/C21H13F5N2O4S/c22-16-6-3-7-17(23)19(16)20(29)28-27-11-12-4-1-2-5-14(12)15-10-13(21(24,25)26)8-9-18(15)33(30,31)32/h1-11H,(H,28,29)(H,30,31,32)/b27-11-. The van der Waals surface area contributed by atoms with Gasteiger partial charge in [0.25, 0.3) is 16.0 Å². The van der Waals surface area contributed by atoms with E-state index in [0.717, 1.165) is 24.4 Å². The maximum Gasteiger partial charge on any atom is 0.416 e. The molecule has 0 aliphatic carbocycles. The van der Waals surface area contributed by atoms with E-state index in [1.165, 1.54) is 24.3 Å². The fourth-order valence-electron chi connectivity index (χ4n) is 2.93. The minimum Gasteiger partial charge on any atom is -0.282 e. The van der Waals surface area contributed by atoms with Crippen LogP contribution in [0.4, 0.5) is 22.0 Å². The molecule has 0 bridgehead atoms. The van der Waals surface area contributed by atoms with Gasteiger partial charge < -0.3 is 0 Å². The lowest BCUT2D eigenvalue weighted by Crippen LogP contribution is -2.20. The molecule has 0 heterocycles. The van der Waals surface area contributed by atoms with Crippen LogP contribution in [-0.4, -0.2) is 25.1 Å². The molecule has 0 saturated carbocycles. The van der Waals surface area contributed by atoms with Gasteiger partial charge in [-0.1, -0.05) is 30.3 Å². The summed E-state index contributed by atoms with van der Waals surface area (Å²) in [5.74, 6) is -3.49. The molecule has 0 radical (unpaired) electrons. The molecule has 0 atom stereocenters. The van der Waals surface area contributed by atoms with Crippen molar-refractivity contribution in [2.75, 3.05) is 0 Å². The molecule has 3 aromatic rings. The predicted octanol–water partition coefficient (Wildman–Crippen LogP) is 4.66. The number of carbonyl (C=O) groups is 1. The number of amides is 1. The molecule has 0 aliphatic rings.